The molecule has 1 rings (SSSR count). The topological polar surface area (TPSA) is 82.2 Å². The monoisotopic (exact) mass is 198 g/mol. The summed E-state index contributed by atoms with van der Waals surface area (Å²) in [5.41, 5.74) is 6.01. The number of anilines is 1. The van der Waals surface area contributed by atoms with Gasteiger partial charge in [0.1, 0.15) is 11.4 Å². The lowest BCUT2D eigenvalue weighted by molar-refractivity contribution is 0.0938. The number of carbonyl (C=O) groups is 1. The molecular formula is C8H14N4O2. The molecule has 0 fully saturated rings. The Hall–Kier alpha value is -1.56. The van der Waals surface area contributed by atoms with Gasteiger partial charge in [-0.15, -0.1) is 0 Å². The highest BCUT2D eigenvalue weighted by molar-refractivity contribution is 5.98. The maximum atomic E-state index is 11.5. The molecule has 0 bridgehead atoms. The fraction of sp³-hybridized carbons (Fsp3) is 0.500. The SMILES string of the molecule is COCCNC(=O)c1cnn(C)c1N. The van der Waals surface area contributed by atoms with Crippen LogP contribution in [0.15, 0.2) is 6.20 Å². The van der Waals surface area contributed by atoms with E-state index < -0.39 is 0 Å². The molecule has 6 nitrogen and oxygen atoms in total. The van der Waals surface area contributed by atoms with E-state index in [9.17, 15) is 4.79 Å². The standard InChI is InChI=1S/C8H14N4O2/c1-12-7(9)6(5-11-12)8(13)10-3-4-14-2/h5H,3-4,9H2,1-2H3,(H,10,13). The lowest BCUT2D eigenvalue weighted by atomic mass is 10.3. The first kappa shape index (κ1) is 10.5. The Labute approximate surface area is 82.0 Å². The van der Waals surface area contributed by atoms with Crippen molar-refractivity contribution in [2.75, 3.05) is 26.0 Å². The number of rotatable bonds is 4. The Bertz CT molecular complexity index is 321. The first-order valence-electron chi connectivity index (χ1n) is 4.21. The lowest BCUT2D eigenvalue weighted by Crippen LogP contribution is -2.27. The third-order valence-corrected chi connectivity index (χ3v) is 1.82. The van der Waals surface area contributed by atoms with Crippen LogP contribution in [0.2, 0.25) is 0 Å². The zero-order chi connectivity index (χ0) is 10.6. The van der Waals surface area contributed by atoms with E-state index in [2.05, 4.69) is 10.4 Å². The smallest absolute Gasteiger partial charge is 0.256 e. The van der Waals surface area contributed by atoms with Crippen LogP contribution in [0.1, 0.15) is 10.4 Å². The molecule has 0 aliphatic rings. The van der Waals surface area contributed by atoms with Gasteiger partial charge in [0.15, 0.2) is 0 Å². The maximum absolute atomic E-state index is 11.5. The number of aryl methyl sites for hydroxylation is 1. The van der Waals surface area contributed by atoms with Crippen LogP contribution < -0.4 is 11.1 Å². The van der Waals surface area contributed by atoms with Crippen molar-refractivity contribution in [2.45, 2.75) is 0 Å². The van der Waals surface area contributed by atoms with E-state index in [1.807, 2.05) is 0 Å². The molecule has 0 saturated carbocycles. The largest absolute Gasteiger partial charge is 0.383 e. The van der Waals surface area contributed by atoms with Crippen molar-refractivity contribution >= 4 is 11.7 Å². The van der Waals surface area contributed by atoms with Gasteiger partial charge in [-0.25, -0.2) is 0 Å². The molecule has 14 heavy (non-hydrogen) atoms. The number of nitrogen functional groups attached to an aromatic ring is 1. The summed E-state index contributed by atoms with van der Waals surface area (Å²) in [6, 6.07) is 0. The Morgan fingerprint density at radius 3 is 3.00 bits per heavy atom. The zero-order valence-electron chi connectivity index (χ0n) is 8.28. The zero-order valence-corrected chi connectivity index (χ0v) is 8.28. The van der Waals surface area contributed by atoms with Gasteiger partial charge in [0.05, 0.1) is 12.8 Å². The third-order valence-electron chi connectivity index (χ3n) is 1.82. The van der Waals surface area contributed by atoms with Crippen molar-refractivity contribution in [1.82, 2.24) is 15.1 Å². The predicted molar refractivity (Wildman–Crippen MR) is 51.8 cm³/mol. The molecule has 3 N–H and O–H groups in total. The van der Waals surface area contributed by atoms with Crippen LogP contribution in [0.3, 0.4) is 0 Å². The van der Waals surface area contributed by atoms with E-state index in [4.69, 9.17) is 10.5 Å². The average Bonchev–Trinajstić information content (AvgIpc) is 2.48. The van der Waals surface area contributed by atoms with Crippen molar-refractivity contribution in [2.24, 2.45) is 7.05 Å². The average molecular weight is 198 g/mol. The van der Waals surface area contributed by atoms with Gasteiger partial charge in [-0.3, -0.25) is 9.48 Å². The Kier molecular flexibility index (Phi) is 3.47. The number of nitrogens with zero attached hydrogens (tertiary/aromatic N) is 2. The normalized spacial score (nSPS) is 10.1. The number of hydrogen-bond donors (Lipinski definition) is 2. The Morgan fingerprint density at radius 2 is 2.50 bits per heavy atom. The second-order valence-electron chi connectivity index (χ2n) is 2.82. The van der Waals surface area contributed by atoms with Crippen LogP contribution in [0.5, 0.6) is 0 Å². The molecule has 1 aromatic rings. The summed E-state index contributed by atoms with van der Waals surface area (Å²) in [6.45, 7) is 0.940. The quantitative estimate of drug-likeness (QED) is 0.631. The van der Waals surface area contributed by atoms with Crippen LogP contribution in [-0.2, 0) is 11.8 Å². The summed E-state index contributed by atoms with van der Waals surface area (Å²) in [4.78, 5) is 11.5. The van der Waals surface area contributed by atoms with Crippen molar-refractivity contribution in [3.05, 3.63) is 11.8 Å². The van der Waals surface area contributed by atoms with Crippen LogP contribution >= 0.6 is 0 Å². The fourth-order valence-electron chi connectivity index (χ4n) is 0.984. The maximum Gasteiger partial charge on any atom is 0.256 e. The van der Waals surface area contributed by atoms with E-state index in [1.54, 1.807) is 14.2 Å². The molecule has 78 valence electrons. The van der Waals surface area contributed by atoms with Crippen LogP contribution in [0, 0.1) is 0 Å². The van der Waals surface area contributed by atoms with Gasteiger partial charge in [0.2, 0.25) is 0 Å². The number of aromatic nitrogens is 2. The molecule has 0 aliphatic carbocycles. The number of nitrogens with two attached hydrogens (primary N) is 1. The molecule has 1 heterocycles. The van der Waals surface area contributed by atoms with E-state index >= 15 is 0 Å². The van der Waals surface area contributed by atoms with Gasteiger partial charge in [-0.05, 0) is 0 Å². The van der Waals surface area contributed by atoms with Crippen molar-refractivity contribution < 1.29 is 9.53 Å². The van der Waals surface area contributed by atoms with E-state index in [-0.39, 0.29) is 5.91 Å². The van der Waals surface area contributed by atoms with E-state index in [0.717, 1.165) is 0 Å². The Balaban J connectivity index is 2.56. The minimum absolute atomic E-state index is 0.229. The molecule has 1 aromatic heterocycles. The number of methoxy groups -OCH3 is 1. The minimum atomic E-state index is -0.229. The molecule has 0 aromatic carbocycles. The number of nitrogens with one attached hydrogen (secondary N) is 1. The molecule has 6 heteroatoms. The number of amides is 1. The highest BCUT2D eigenvalue weighted by Crippen LogP contribution is 2.08. The summed E-state index contributed by atoms with van der Waals surface area (Å²) in [7, 11) is 3.26. The van der Waals surface area contributed by atoms with Gasteiger partial charge in [-0.2, -0.15) is 5.10 Å². The first-order chi connectivity index (χ1) is 6.66. The van der Waals surface area contributed by atoms with Crippen molar-refractivity contribution in [1.29, 1.82) is 0 Å². The van der Waals surface area contributed by atoms with Crippen LogP contribution in [0.4, 0.5) is 5.82 Å². The molecular weight excluding hydrogens is 184 g/mol. The van der Waals surface area contributed by atoms with Crippen molar-refractivity contribution in [3.63, 3.8) is 0 Å². The molecule has 0 unspecified atom stereocenters. The third kappa shape index (κ3) is 2.23. The van der Waals surface area contributed by atoms with Gasteiger partial charge >= 0.3 is 0 Å². The second-order valence-corrected chi connectivity index (χ2v) is 2.82. The molecule has 0 aliphatic heterocycles. The Morgan fingerprint density at radius 1 is 1.79 bits per heavy atom. The minimum Gasteiger partial charge on any atom is -0.383 e. The second kappa shape index (κ2) is 4.61. The summed E-state index contributed by atoms with van der Waals surface area (Å²) in [5.74, 6) is 0.132. The number of hydrogen-bond acceptors (Lipinski definition) is 4. The molecule has 1 amide bonds. The first-order valence-corrected chi connectivity index (χ1v) is 4.21. The van der Waals surface area contributed by atoms with Gasteiger partial charge in [0, 0.05) is 20.7 Å². The van der Waals surface area contributed by atoms with Crippen LogP contribution in [-0.4, -0.2) is 35.9 Å². The summed E-state index contributed by atoms with van der Waals surface area (Å²) < 4.78 is 6.25. The molecule has 0 atom stereocenters. The van der Waals surface area contributed by atoms with E-state index in [1.165, 1.54) is 10.9 Å². The highest BCUT2D eigenvalue weighted by Gasteiger charge is 2.12. The van der Waals surface area contributed by atoms with Crippen molar-refractivity contribution in [3.8, 4) is 0 Å². The highest BCUT2D eigenvalue weighted by atomic mass is 16.5. The fourth-order valence-corrected chi connectivity index (χ4v) is 0.984. The molecule has 0 spiro atoms. The summed E-state index contributed by atoms with van der Waals surface area (Å²) >= 11 is 0. The summed E-state index contributed by atoms with van der Waals surface area (Å²) in [6.07, 6.45) is 1.44. The number of carbonyl (C=O) groups excluding carboxylic acids is 1. The van der Waals surface area contributed by atoms with E-state index in [0.29, 0.717) is 24.5 Å². The van der Waals surface area contributed by atoms with Gasteiger partial charge in [-0.1, -0.05) is 0 Å². The lowest BCUT2D eigenvalue weighted by Gasteiger charge is -2.03. The molecule has 0 radical (unpaired) electrons. The van der Waals surface area contributed by atoms with Gasteiger partial charge < -0.3 is 15.8 Å². The van der Waals surface area contributed by atoms with Crippen LogP contribution in [0.25, 0.3) is 0 Å². The molecule has 0 saturated heterocycles. The number of ether oxygens (including phenoxy) is 1. The van der Waals surface area contributed by atoms with Gasteiger partial charge in [0.25, 0.3) is 5.91 Å². The predicted octanol–water partition coefficient (Wildman–Crippen LogP) is -0.621. The summed E-state index contributed by atoms with van der Waals surface area (Å²) in [5, 5.41) is 6.52.